The molecule has 1 aromatic carbocycles. The van der Waals surface area contributed by atoms with E-state index in [-0.39, 0.29) is 53.3 Å². The Morgan fingerprint density at radius 1 is 1.00 bits per heavy atom. The number of carbonyl (C=O) groups excluding carboxylic acids is 4. The van der Waals surface area contributed by atoms with Crippen LogP contribution in [0.3, 0.4) is 0 Å². The fraction of sp³-hybridized carbons (Fsp3) is 0.467. The molecule has 7 heteroatoms. The predicted molar refractivity (Wildman–Crippen MR) is 135 cm³/mol. The van der Waals surface area contributed by atoms with Gasteiger partial charge >= 0.3 is 0 Å². The number of phenolic OH excluding ortho intramolecular Hbond substituents is 1. The monoisotopic (exact) mass is 501 g/mol. The van der Waals surface area contributed by atoms with E-state index < -0.39 is 17.8 Å². The van der Waals surface area contributed by atoms with Gasteiger partial charge in [0.05, 0.1) is 18.9 Å². The predicted octanol–water partition coefficient (Wildman–Crippen LogP) is 4.16. The van der Waals surface area contributed by atoms with Gasteiger partial charge in [0.25, 0.3) is 0 Å². The second-order valence-electron chi connectivity index (χ2n) is 11.0. The molecule has 37 heavy (non-hydrogen) atoms. The standard InChI is InChI=1S/C30H31NO6/c1-15-12-23(33)27-21(28(15)34)14-20-18(25(27)16-8-11-22(32)24(13-16)37-2)9-10-19-26(20)30(36)31(29(19)35)17-6-4-3-5-7-17/h8-9,11-13,17,19-20,25-26,32H,3-7,10,14H2,1-2H3. The number of imide groups is 1. The number of nitrogens with zero attached hydrogens (tertiary/aromatic N) is 1. The first-order valence-electron chi connectivity index (χ1n) is 13.3. The Labute approximate surface area is 215 Å². The first-order chi connectivity index (χ1) is 17.8. The van der Waals surface area contributed by atoms with Gasteiger partial charge in [-0.25, -0.2) is 0 Å². The summed E-state index contributed by atoms with van der Waals surface area (Å²) in [5.41, 5.74) is 2.90. The van der Waals surface area contributed by atoms with Gasteiger partial charge in [-0.3, -0.25) is 24.1 Å². The smallest absolute Gasteiger partial charge is 0.233 e. The number of phenols is 1. The minimum atomic E-state index is -0.545. The number of ketones is 2. The molecule has 2 fully saturated rings. The maximum atomic E-state index is 13.9. The highest BCUT2D eigenvalue weighted by Crippen LogP contribution is 2.56. The molecule has 1 aliphatic heterocycles. The fourth-order valence-corrected chi connectivity index (χ4v) is 7.36. The summed E-state index contributed by atoms with van der Waals surface area (Å²) in [4.78, 5) is 55.7. The van der Waals surface area contributed by atoms with Crippen molar-refractivity contribution in [3.8, 4) is 11.5 Å². The van der Waals surface area contributed by atoms with Gasteiger partial charge in [-0.2, -0.15) is 0 Å². The second kappa shape index (κ2) is 8.82. The van der Waals surface area contributed by atoms with Crippen molar-refractivity contribution in [2.75, 3.05) is 7.11 Å². The van der Waals surface area contributed by atoms with Gasteiger partial charge in [0, 0.05) is 28.7 Å². The van der Waals surface area contributed by atoms with E-state index in [4.69, 9.17) is 4.74 Å². The number of rotatable bonds is 3. The molecule has 0 bridgehead atoms. The van der Waals surface area contributed by atoms with Crippen LogP contribution in [-0.4, -0.2) is 46.5 Å². The molecule has 7 nitrogen and oxygen atoms in total. The van der Waals surface area contributed by atoms with Crippen LogP contribution in [0.1, 0.15) is 63.4 Å². The van der Waals surface area contributed by atoms with Gasteiger partial charge in [-0.1, -0.05) is 37.0 Å². The molecular weight excluding hydrogens is 470 g/mol. The van der Waals surface area contributed by atoms with Crippen LogP contribution in [0.15, 0.2) is 52.6 Å². The quantitative estimate of drug-likeness (QED) is 0.379. The molecule has 6 rings (SSSR count). The molecule has 1 heterocycles. The minimum Gasteiger partial charge on any atom is -0.504 e. The lowest BCUT2D eigenvalue weighted by molar-refractivity contribution is -0.143. The normalized spacial score (nSPS) is 30.1. The zero-order valence-electron chi connectivity index (χ0n) is 21.2. The molecule has 4 unspecified atom stereocenters. The highest BCUT2D eigenvalue weighted by Gasteiger charge is 2.57. The van der Waals surface area contributed by atoms with E-state index >= 15 is 0 Å². The summed E-state index contributed by atoms with van der Waals surface area (Å²) in [6, 6.07) is 4.91. The zero-order chi connectivity index (χ0) is 26.0. The number of fused-ring (bicyclic) bond motifs is 3. The lowest BCUT2D eigenvalue weighted by Gasteiger charge is -2.42. The van der Waals surface area contributed by atoms with Crippen LogP contribution in [0.5, 0.6) is 11.5 Å². The molecule has 1 aromatic rings. The molecule has 4 atom stereocenters. The minimum absolute atomic E-state index is 0.0213. The van der Waals surface area contributed by atoms with Crippen LogP contribution in [0.4, 0.5) is 0 Å². The van der Waals surface area contributed by atoms with E-state index in [1.807, 2.05) is 6.08 Å². The number of benzene rings is 1. The third kappa shape index (κ3) is 3.54. The molecule has 1 N–H and O–H groups in total. The average molecular weight is 502 g/mol. The summed E-state index contributed by atoms with van der Waals surface area (Å²) in [6.07, 6.45) is 9.02. The van der Waals surface area contributed by atoms with Gasteiger partial charge < -0.3 is 9.84 Å². The van der Waals surface area contributed by atoms with Crippen LogP contribution in [0.2, 0.25) is 0 Å². The van der Waals surface area contributed by atoms with Crippen molar-refractivity contribution < 1.29 is 29.0 Å². The van der Waals surface area contributed by atoms with Crippen molar-refractivity contribution in [1.29, 1.82) is 0 Å². The first-order valence-corrected chi connectivity index (χ1v) is 13.3. The number of carbonyl (C=O) groups is 4. The van der Waals surface area contributed by atoms with E-state index in [0.29, 0.717) is 28.7 Å². The Hall–Kier alpha value is -3.48. The van der Waals surface area contributed by atoms with Crippen LogP contribution in [-0.2, 0) is 19.2 Å². The summed E-state index contributed by atoms with van der Waals surface area (Å²) in [6.45, 7) is 1.65. The van der Waals surface area contributed by atoms with Crippen LogP contribution in [0.25, 0.3) is 0 Å². The molecule has 0 aromatic heterocycles. The molecule has 1 saturated heterocycles. The van der Waals surface area contributed by atoms with Crippen molar-refractivity contribution >= 4 is 23.4 Å². The summed E-state index contributed by atoms with van der Waals surface area (Å²) < 4.78 is 5.34. The van der Waals surface area contributed by atoms with Crippen molar-refractivity contribution in [1.82, 2.24) is 4.90 Å². The number of likely N-dealkylation sites (tertiary alicyclic amines) is 1. The number of amides is 2. The molecule has 5 aliphatic rings. The van der Waals surface area contributed by atoms with Crippen LogP contribution >= 0.6 is 0 Å². The number of Topliss-reactive ketones (excluding diaryl/α,β-unsaturated/α-hetero) is 1. The summed E-state index contributed by atoms with van der Waals surface area (Å²) >= 11 is 0. The number of ether oxygens (including phenoxy) is 1. The topological polar surface area (TPSA) is 101 Å². The molecule has 0 spiro atoms. The van der Waals surface area contributed by atoms with Crippen molar-refractivity contribution in [3.63, 3.8) is 0 Å². The van der Waals surface area contributed by atoms with E-state index in [0.717, 1.165) is 37.7 Å². The van der Waals surface area contributed by atoms with E-state index in [2.05, 4.69) is 0 Å². The molecule has 4 aliphatic carbocycles. The molecular formula is C30H31NO6. The number of aromatic hydroxyl groups is 1. The van der Waals surface area contributed by atoms with Gasteiger partial charge in [0.2, 0.25) is 11.8 Å². The maximum absolute atomic E-state index is 13.9. The van der Waals surface area contributed by atoms with E-state index in [9.17, 15) is 24.3 Å². The van der Waals surface area contributed by atoms with Crippen LogP contribution in [0, 0.1) is 17.8 Å². The molecule has 192 valence electrons. The van der Waals surface area contributed by atoms with Gasteiger partial charge in [0.1, 0.15) is 0 Å². The maximum Gasteiger partial charge on any atom is 0.233 e. The average Bonchev–Trinajstić information content (AvgIpc) is 3.16. The Bertz CT molecular complexity index is 1330. The molecule has 0 radical (unpaired) electrons. The number of allylic oxidation sites excluding steroid dienone is 6. The van der Waals surface area contributed by atoms with Crippen molar-refractivity contribution in [2.24, 2.45) is 17.8 Å². The Balaban J connectivity index is 1.47. The van der Waals surface area contributed by atoms with Gasteiger partial charge in [-0.05, 0) is 62.3 Å². The lowest BCUT2D eigenvalue weighted by Crippen LogP contribution is -2.43. The highest BCUT2D eigenvalue weighted by molar-refractivity contribution is 6.23. The number of hydrogen-bond donors (Lipinski definition) is 1. The van der Waals surface area contributed by atoms with E-state index in [1.54, 1.807) is 24.0 Å². The Morgan fingerprint density at radius 2 is 1.76 bits per heavy atom. The number of hydrogen-bond acceptors (Lipinski definition) is 6. The summed E-state index contributed by atoms with van der Waals surface area (Å²) in [5.74, 6) is -2.17. The summed E-state index contributed by atoms with van der Waals surface area (Å²) in [5, 5.41) is 10.2. The number of methoxy groups -OCH3 is 1. The Morgan fingerprint density at radius 3 is 2.49 bits per heavy atom. The third-order valence-corrected chi connectivity index (χ3v) is 9.07. The highest BCUT2D eigenvalue weighted by atomic mass is 16.5. The van der Waals surface area contributed by atoms with Gasteiger partial charge in [0.15, 0.2) is 23.1 Å². The van der Waals surface area contributed by atoms with Crippen LogP contribution < -0.4 is 4.74 Å². The van der Waals surface area contributed by atoms with Crippen molar-refractivity contribution in [3.05, 3.63) is 58.2 Å². The third-order valence-electron chi connectivity index (χ3n) is 9.07. The van der Waals surface area contributed by atoms with Crippen molar-refractivity contribution in [2.45, 2.75) is 63.8 Å². The summed E-state index contributed by atoms with van der Waals surface area (Å²) in [7, 11) is 1.46. The Kier molecular flexibility index (Phi) is 5.70. The lowest BCUT2D eigenvalue weighted by atomic mass is 9.59. The second-order valence-corrected chi connectivity index (χ2v) is 11.0. The SMILES string of the molecule is COc1cc(C2C3=CCC4C(=O)N(C5CCCCC5)C(=O)C4C3CC3=C2C(=O)C=C(C)C3=O)ccc1O. The molecule has 2 amide bonds. The largest absolute Gasteiger partial charge is 0.504 e. The zero-order valence-corrected chi connectivity index (χ0v) is 21.2. The fourth-order valence-electron chi connectivity index (χ4n) is 7.36. The van der Waals surface area contributed by atoms with Gasteiger partial charge in [-0.15, -0.1) is 0 Å². The molecule has 1 saturated carbocycles. The first kappa shape index (κ1) is 23.9. The van der Waals surface area contributed by atoms with E-state index in [1.165, 1.54) is 19.3 Å².